The van der Waals surface area contributed by atoms with Crippen molar-refractivity contribution in [2.45, 2.75) is 36.0 Å². The van der Waals surface area contributed by atoms with Crippen LogP contribution < -0.4 is 4.74 Å². The summed E-state index contributed by atoms with van der Waals surface area (Å²) in [7, 11) is 0. The Bertz CT molecular complexity index is 874. The van der Waals surface area contributed by atoms with Gasteiger partial charge < -0.3 is 4.74 Å². The molecule has 140 valence electrons. The van der Waals surface area contributed by atoms with E-state index in [1.54, 1.807) is 0 Å². The fraction of sp³-hybridized carbons (Fsp3) is 0.529. The summed E-state index contributed by atoms with van der Waals surface area (Å²) < 4.78 is 35.6. The average Bonchev–Trinajstić information content (AvgIpc) is 3.13. The molecule has 0 amide bonds. The Kier molecular flexibility index (Phi) is 5.35. The molecule has 1 aromatic carbocycles. The Labute approximate surface area is 176 Å². The van der Waals surface area contributed by atoms with Crippen LogP contribution in [0.2, 0.25) is 0 Å². The normalized spacial score (nSPS) is 25.8. The monoisotopic (exact) mass is 555 g/mol. The highest BCUT2D eigenvalue weighted by Gasteiger charge is 2.49. The van der Waals surface area contributed by atoms with Crippen LogP contribution in [0.15, 0.2) is 15.6 Å². The molecule has 4 nitrogen and oxygen atoms in total. The zero-order chi connectivity index (χ0) is 18.5. The Morgan fingerprint density at radius 2 is 2.31 bits per heavy atom. The first-order valence-corrected chi connectivity index (χ1v) is 11.4. The maximum Gasteiger partial charge on any atom is 0.318 e. The minimum Gasteiger partial charge on any atom is -0.461 e. The molecular weight excluding hydrogens is 539 g/mol. The lowest BCUT2D eigenvalue weighted by Crippen LogP contribution is -2.43. The minimum absolute atomic E-state index is 0.150. The molecule has 0 radical (unpaired) electrons. The maximum atomic E-state index is 14.7. The third kappa shape index (κ3) is 3.22. The molecule has 2 aliphatic rings. The number of halogens is 4. The minimum atomic E-state index is -0.811. The van der Waals surface area contributed by atoms with Gasteiger partial charge in [0.05, 0.1) is 10.0 Å². The van der Waals surface area contributed by atoms with Crippen LogP contribution in [0.5, 0.6) is 6.01 Å². The van der Waals surface area contributed by atoms with Crippen LogP contribution in [0.25, 0.3) is 10.9 Å². The van der Waals surface area contributed by atoms with Crippen molar-refractivity contribution in [1.82, 2.24) is 14.9 Å². The van der Waals surface area contributed by atoms with E-state index in [1.807, 2.05) is 12.3 Å². The molecule has 9 heteroatoms. The van der Waals surface area contributed by atoms with Crippen LogP contribution in [-0.4, -0.2) is 52.5 Å². The second-order valence-corrected chi connectivity index (χ2v) is 9.51. The molecule has 0 N–H and O–H groups in total. The number of aromatic nitrogens is 2. The number of thioether (sulfide) groups is 1. The summed E-state index contributed by atoms with van der Waals surface area (Å²) in [5, 5.41) is 1.34. The van der Waals surface area contributed by atoms with E-state index in [-0.39, 0.29) is 17.1 Å². The van der Waals surface area contributed by atoms with Crippen molar-refractivity contribution in [2.75, 3.05) is 26.0 Å². The SMILES string of the molecule is CSc1nc(OC[C@@]23CCCN2C[C@H](F)C3)nc2c(F)c(Br)c(I)cc12. The highest BCUT2D eigenvalue weighted by Crippen LogP contribution is 2.40. The molecule has 0 unspecified atom stereocenters. The molecule has 2 aliphatic heterocycles. The van der Waals surface area contributed by atoms with Gasteiger partial charge in [-0.25, -0.2) is 8.78 Å². The van der Waals surface area contributed by atoms with E-state index in [1.165, 1.54) is 11.8 Å². The van der Waals surface area contributed by atoms with Gasteiger partial charge >= 0.3 is 6.01 Å². The zero-order valence-corrected chi connectivity index (χ0v) is 18.6. The van der Waals surface area contributed by atoms with Crippen molar-refractivity contribution in [1.29, 1.82) is 0 Å². The fourth-order valence-corrected chi connectivity index (χ4v) is 5.39. The summed E-state index contributed by atoms with van der Waals surface area (Å²) in [5.41, 5.74) is -0.0372. The van der Waals surface area contributed by atoms with Gasteiger partial charge in [0, 0.05) is 21.9 Å². The quantitative estimate of drug-likeness (QED) is 0.234. The summed E-state index contributed by atoms with van der Waals surface area (Å²) in [6.45, 7) is 1.70. The molecule has 26 heavy (non-hydrogen) atoms. The number of ether oxygens (including phenoxy) is 1. The van der Waals surface area contributed by atoms with Crippen molar-refractivity contribution in [2.24, 2.45) is 0 Å². The zero-order valence-electron chi connectivity index (χ0n) is 14.1. The van der Waals surface area contributed by atoms with Gasteiger partial charge in [-0.3, -0.25) is 4.90 Å². The van der Waals surface area contributed by atoms with Crippen molar-refractivity contribution < 1.29 is 13.5 Å². The molecule has 0 spiro atoms. The van der Waals surface area contributed by atoms with E-state index < -0.39 is 12.0 Å². The van der Waals surface area contributed by atoms with E-state index >= 15 is 0 Å². The number of benzene rings is 1. The van der Waals surface area contributed by atoms with Gasteiger partial charge in [0.25, 0.3) is 0 Å². The third-order valence-electron chi connectivity index (χ3n) is 5.20. The van der Waals surface area contributed by atoms with Crippen molar-refractivity contribution in [3.8, 4) is 6.01 Å². The topological polar surface area (TPSA) is 38.2 Å². The molecule has 2 atom stereocenters. The summed E-state index contributed by atoms with van der Waals surface area (Å²) in [4.78, 5) is 10.9. The molecule has 2 aromatic rings. The van der Waals surface area contributed by atoms with Crippen LogP contribution in [0.1, 0.15) is 19.3 Å². The van der Waals surface area contributed by atoms with Gasteiger partial charge in [-0.2, -0.15) is 9.97 Å². The molecule has 2 fully saturated rings. The van der Waals surface area contributed by atoms with E-state index in [2.05, 4.69) is 53.4 Å². The van der Waals surface area contributed by atoms with E-state index in [0.29, 0.717) is 34.5 Å². The number of hydrogen-bond acceptors (Lipinski definition) is 5. The lowest BCUT2D eigenvalue weighted by atomic mass is 9.95. The highest BCUT2D eigenvalue weighted by molar-refractivity contribution is 14.1. The first-order valence-electron chi connectivity index (χ1n) is 8.35. The van der Waals surface area contributed by atoms with Gasteiger partial charge in [-0.1, -0.05) is 0 Å². The Hall–Kier alpha value is -0.260. The molecule has 0 saturated carbocycles. The lowest BCUT2D eigenvalue weighted by molar-refractivity contribution is 0.107. The fourth-order valence-electron chi connectivity index (χ4n) is 3.99. The molecule has 2 saturated heterocycles. The van der Waals surface area contributed by atoms with Crippen molar-refractivity contribution in [3.05, 3.63) is 19.9 Å². The number of hydrogen-bond donors (Lipinski definition) is 0. The lowest BCUT2D eigenvalue weighted by Gasteiger charge is -2.30. The largest absolute Gasteiger partial charge is 0.461 e. The number of rotatable bonds is 4. The summed E-state index contributed by atoms with van der Waals surface area (Å²) in [6, 6.07) is 2.01. The second kappa shape index (κ2) is 7.29. The number of nitrogens with zero attached hydrogens (tertiary/aromatic N) is 3. The predicted octanol–water partition coefficient (Wildman–Crippen LogP) is 4.81. The van der Waals surface area contributed by atoms with Gasteiger partial charge in [0.1, 0.15) is 23.3 Å². The van der Waals surface area contributed by atoms with Gasteiger partial charge in [0.2, 0.25) is 0 Å². The first kappa shape index (κ1) is 19.1. The molecular formula is C17H17BrF2IN3OS. The second-order valence-electron chi connectivity index (χ2n) is 6.76. The molecule has 0 bridgehead atoms. The number of fused-ring (bicyclic) bond motifs is 2. The summed E-state index contributed by atoms with van der Waals surface area (Å²) >= 11 is 6.77. The molecule has 4 rings (SSSR count). The van der Waals surface area contributed by atoms with E-state index in [0.717, 1.165) is 23.0 Å². The van der Waals surface area contributed by atoms with Crippen LogP contribution >= 0.6 is 50.3 Å². The van der Waals surface area contributed by atoms with Crippen LogP contribution in [-0.2, 0) is 0 Å². The van der Waals surface area contributed by atoms with Gasteiger partial charge in [-0.05, 0) is 70.2 Å². The molecule has 0 aliphatic carbocycles. The van der Waals surface area contributed by atoms with Gasteiger partial charge in [-0.15, -0.1) is 11.8 Å². The van der Waals surface area contributed by atoms with Crippen molar-refractivity contribution in [3.63, 3.8) is 0 Å². The highest BCUT2D eigenvalue weighted by atomic mass is 127. The predicted molar refractivity (Wildman–Crippen MR) is 110 cm³/mol. The molecule has 1 aromatic heterocycles. The van der Waals surface area contributed by atoms with Crippen LogP contribution in [0.4, 0.5) is 8.78 Å². The standard InChI is InChI=1S/C17H17BrF2IN3OS/c1-26-15-10-5-11(21)12(18)13(20)14(10)22-16(23-15)25-8-17-3-2-4-24(17)7-9(19)6-17/h5,9H,2-4,6-8H2,1H3/t9-,17+/m1/s1. The van der Waals surface area contributed by atoms with Gasteiger partial charge in [0.15, 0.2) is 5.82 Å². The number of alkyl halides is 1. The summed E-state index contributed by atoms with van der Waals surface area (Å²) in [6.07, 6.45) is 3.52. The van der Waals surface area contributed by atoms with E-state index in [9.17, 15) is 8.78 Å². The Balaban J connectivity index is 1.67. The van der Waals surface area contributed by atoms with Crippen LogP contribution in [0.3, 0.4) is 0 Å². The summed E-state index contributed by atoms with van der Waals surface area (Å²) in [5.74, 6) is -0.417. The average molecular weight is 556 g/mol. The Morgan fingerprint density at radius 1 is 1.50 bits per heavy atom. The maximum absolute atomic E-state index is 14.7. The van der Waals surface area contributed by atoms with Crippen LogP contribution in [0, 0.1) is 9.39 Å². The first-order chi connectivity index (χ1) is 12.4. The molecule has 3 heterocycles. The van der Waals surface area contributed by atoms with Crippen molar-refractivity contribution >= 4 is 61.2 Å². The smallest absolute Gasteiger partial charge is 0.318 e. The third-order valence-corrected chi connectivity index (χ3v) is 8.26. The van der Waals surface area contributed by atoms with E-state index in [4.69, 9.17) is 4.74 Å². The Morgan fingerprint density at radius 3 is 3.08 bits per heavy atom.